The van der Waals surface area contributed by atoms with Crippen molar-refractivity contribution >= 4 is 11.6 Å². The van der Waals surface area contributed by atoms with E-state index in [-0.39, 0.29) is 11.4 Å². The molecule has 0 atom stereocenters. The summed E-state index contributed by atoms with van der Waals surface area (Å²) >= 11 is 0. The average molecular weight is 276 g/mol. The number of benzene rings is 1. The third-order valence-electron chi connectivity index (χ3n) is 3.80. The van der Waals surface area contributed by atoms with Gasteiger partial charge in [-0.25, -0.2) is 0 Å². The van der Waals surface area contributed by atoms with Crippen LogP contribution in [0.5, 0.6) is 11.5 Å². The van der Waals surface area contributed by atoms with Gasteiger partial charge in [0.2, 0.25) is 11.7 Å². The summed E-state index contributed by atoms with van der Waals surface area (Å²) in [6.45, 7) is 3.69. The molecule has 5 nitrogen and oxygen atoms in total. The van der Waals surface area contributed by atoms with Gasteiger partial charge in [0, 0.05) is 37.6 Å². The van der Waals surface area contributed by atoms with Crippen molar-refractivity contribution < 1.29 is 14.3 Å². The van der Waals surface area contributed by atoms with Crippen molar-refractivity contribution in [3.63, 3.8) is 0 Å². The Labute approximate surface area is 118 Å². The zero-order chi connectivity index (χ0) is 14.4. The molecule has 0 spiro atoms. The van der Waals surface area contributed by atoms with Gasteiger partial charge in [0.1, 0.15) is 0 Å². The highest BCUT2D eigenvalue weighted by molar-refractivity contribution is 5.92. The van der Waals surface area contributed by atoms with Gasteiger partial charge in [-0.15, -0.1) is 0 Å². The number of hydrogen-bond acceptors (Lipinski definition) is 4. The van der Waals surface area contributed by atoms with E-state index in [1.165, 1.54) is 0 Å². The van der Waals surface area contributed by atoms with Crippen LogP contribution in [0, 0.1) is 0 Å². The maximum Gasteiger partial charge on any atom is 0.246 e. The van der Waals surface area contributed by atoms with Crippen LogP contribution in [0.2, 0.25) is 0 Å². The molecule has 1 saturated carbocycles. The van der Waals surface area contributed by atoms with E-state index < -0.39 is 5.79 Å². The van der Waals surface area contributed by atoms with Crippen LogP contribution < -0.4 is 20.5 Å². The van der Waals surface area contributed by atoms with Gasteiger partial charge in [-0.3, -0.25) is 4.79 Å². The number of ether oxygens (including phenoxy) is 2. The molecule has 1 amide bonds. The molecular formula is C15H20N2O3. The maximum atomic E-state index is 12.0. The van der Waals surface area contributed by atoms with Crippen molar-refractivity contribution in [3.8, 4) is 11.5 Å². The summed E-state index contributed by atoms with van der Waals surface area (Å²) in [7, 11) is 0. The molecule has 0 saturated heterocycles. The van der Waals surface area contributed by atoms with Gasteiger partial charge < -0.3 is 20.5 Å². The fourth-order valence-corrected chi connectivity index (χ4v) is 2.63. The molecule has 1 heterocycles. The molecule has 1 aromatic carbocycles. The van der Waals surface area contributed by atoms with Crippen LogP contribution in [0.25, 0.3) is 0 Å². The van der Waals surface area contributed by atoms with Crippen molar-refractivity contribution in [3.05, 3.63) is 18.2 Å². The van der Waals surface area contributed by atoms with Gasteiger partial charge in [0.25, 0.3) is 0 Å². The SMILES string of the molecule is CC1(C)Oc2ccc(NC(=O)CC3(N)CCC3)cc2O1. The summed E-state index contributed by atoms with van der Waals surface area (Å²) < 4.78 is 11.3. The van der Waals surface area contributed by atoms with Crippen molar-refractivity contribution in [2.24, 2.45) is 5.73 Å². The molecule has 1 aliphatic heterocycles. The van der Waals surface area contributed by atoms with Crippen LogP contribution in [-0.4, -0.2) is 17.2 Å². The Kier molecular flexibility index (Phi) is 2.90. The molecule has 3 rings (SSSR count). The average Bonchev–Trinajstić information content (AvgIpc) is 2.60. The molecule has 1 fully saturated rings. The minimum Gasteiger partial charge on any atom is -0.449 e. The van der Waals surface area contributed by atoms with Gasteiger partial charge in [-0.05, 0) is 31.4 Å². The van der Waals surface area contributed by atoms with Gasteiger partial charge >= 0.3 is 0 Å². The van der Waals surface area contributed by atoms with E-state index in [0.717, 1.165) is 19.3 Å². The smallest absolute Gasteiger partial charge is 0.246 e. The molecule has 0 bridgehead atoms. The highest BCUT2D eigenvalue weighted by atomic mass is 16.7. The number of anilines is 1. The Hall–Kier alpha value is -1.75. The fraction of sp³-hybridized carbons (Fsp3) is 0.533. The Morgan fingerprint density at radius 2 is 2.00 bits per heavy atom. The van der Waals surface area contributed by atoms with E-state index in [0.29, 0.717) is 23.6 Å². The Morgan fingerprint density at radius 3 is 2.65 bits per heavy atom. The zero-order valence-corrected chi connectivity index (χ0v) is 11.9. The lowest BCUT2D eigenvalue weighted by Crippen LogP contribution is -2.48. The molecule has 108 valence electrons. The molecule has 1 aromatic rings. The first-order chi connectivity index (χ1) is 9.35. The van der Waals surface area contributed by atoms with Gasteiger partial charge in [-0.1, -0.05) is 0 Å². The number of nitrogens with one attached hydrogen (secondary N) is 1. The number of rotatable bonds is 3. The predicted octanol–water partition coefficient (Wildman–Crippen LogP) is 2.40. The van der Waals surface area contributed by atoms with E-state index in [1.807, 2.05) is 19.9 Å². The number of amides is 1. The topological polar surface area (TPSA) is 73.6 Å². The summed E-state index contributed by atoms with van der Waals surface area (Å²) in [6.07, 6.45) is 3.33. The summed E-state index contributed by atoms with van der Waals surface area (Å²) in [4.78, 5) is 12.0. The highest BCUT2D eigenvalue weighted by Crippen LogP contribution is 2.40. The Bertz CT molecular complexity index is 550. The lowest BCUT2D eigenvalue weighted by Gasteiger charge is -2.37. The first-order valence-corrected chi connectivity index (χ1v) is 6.96. The molecule has 0 unspecified atom stereocenters. The second-order valence-electron chi connectivity index (χ2n) is 6.21. The summed E-state index contributed by atoms with van der Waals surface area (Å²) in [6, 6.07) is 5.40. The lowest BCUT2D eigenvalue weighted by atomic mass is 9.75. The summed E-state index contributed by atoms with van der Waals surface area (Å²) in [5.74, 6) is 0.643. The molecule has 5 heteroatoms. The summed E-state index contributed by atoms with van der Waals surface area (Å²) in [5, 5.41) is 2.87. The molecule has 0 aromatic heterocycles. The van der Waals surface area contributed by atoms with Gasteiger partial charge in [-0.2, -0.15) is 0 Å². The van der Waals surface area contributed by atoms with Crippen LogP contribution in [0.1, 0.15) is 39.5 Å². The first-order valence-electron chi connectivity index (χ1n) is 6.96. The minimum atomic E-state index is -0.655. The molecular weight excluding hydrogens is 256 g/mol. The maximum absolute atomic E-state index is 12.0. The van der Waals surface area contributed by atoms with E-state index in [2.05, 4.69) is 5.32 Å². The molecule has 20 heavy (non-hydrogen) atoms. The van der Waals surface area contributed by atoms with E-state index in [9.17, 15) is 4.79 Å². The Balaban J connectivity index is 1.66. The monoisotopic (exact) mass is 276 g/mol. The number of nitrogens with two attached hydrogens (primary N) is 1. The van der Waals surface area contributed by atoms with E-state index >= 15 is 0 Å². The Morgan fingerprint density at radius 1 is 1.30 bits per heavy atom. The second kappa shape index (κ2) is 4.38. The molecule has 2 aliphatic rings. The van der Waals surface area contributed by atoms with Crippen molar-refractivity contribution in [2.75, 3.05) is 5.32 Å². The van der Waals surface area contributed by atoms with Crippen molar-refractivity contribution in [2.45, 2.75) is 50.9 Å². The van der Waals surface area contributed by atoms with Gasteiger partial charge in [0.05, 0.1) is 0 Å². The number of hydrogen-bond donors (Lipinski definition) is 2. The van der Waals surface area contributed by atoms with Crippen LogP contribution in [-0.2, 0) is 4.79 Å². The molecule has 3 N–H and O–H groups in total. The molecule has 0 radical (unpaired) electrons. The third kappa shape index (κ3) is 2.58. The van der Waals surface area contributed by atoms with Crippen LogP contribution in [0.15, 0.2) is 18.2 Å². The van der Waals surface area contributed by atoms with Crippen LogP contribution >= 0.6 is 0 Å². The van der Waals surface area contributed by atoms with E-state index in [4.69, 9.17) is 15.2 Å². The largest absolute Gasteiger partial charge is 0.449 e. The second-order valence-corrected chi connectivity index (χ2v) is 6.21. The quantitative estimate of drug-likeness (QED) is 0.889. The fourth-order valence-electron chi connectivity index (χ4n) is 2.63. The third-order valence-corrected chi connectivity index (χ3v) is 3.80. The normalized spacial score (nSPS) is 21.1. The molecule has 1 aliphatic carbocycles. The standard InChI is InChI=1S/C15H20N2O3/c1-14(2)19-11-5-4-10(8-12(11)20-14)17-13(18)9-15(16)6-3-7-15/h4-5,8H,3,6-7,9,16H2,1-2H3,(H,17,18). The highest BCUT2D eigenvalue weighted by Gasteiger charge is 2.35. The lowest BCUT2D eigenvalue weighted by molar-refractivity contribution is -0.118. The van der Waals surface area contributed by atoms with Crippen LogP contribution in [0.3, 0.4) is 0 Å². The number of fused-ring (bicyclic) bond motifs is 1. The van der Waals surface area contributed by atoms with E-state index in [1.54, 1.807) is 12.1 Å². The minimum absolute atomic E-state index is 0.0506. The number of carbonyl (C=O) groups excluding carboxylic acids is 1. The van der Waals surface area contributed by atoms with Gasteiger partial charge in [0.15, 0.2) is 11.5 Å². The van der Waals surface area contributed by atoms with Crippen LogP contribution in [0.4, 0.5) is 5.69 Å². The van der Waals surface area contributed by atoms with Crippen molar-refractivity contribution in [1.29, 1.82) is 0 Å². The first kappa shape index (κ1) is 13.2. The number of carbonyl (C=O) groups is 1. The predicted molar refractivity (Wildman–Crippen MR) is 75.8 cm³/mol. The van der Waals surface area contributed by atoms with Crippen molar-refractivity contribution in [1.82, 2.24) is 0 Å². The zero-order valence-electron chi connectivity index (χ0n) is 11.9. The summed E-state index contributed by atoms with van der Waals surface area (Å²) in [5.41, 5.74) is 6.48.